The van der Waals surface area contributed by atoms with Crippen molar-refractivity contribution < 1.29 is 37.6 Å². The summed E-state index contributed by atoms with van der Waals surface area (Å²) in [6.07, 6.45) is 0. The molecule has 1 fully saturated rings. The van der Waals surface area contributed by atoms with Crippen LogP contribution in [0.3, 0.4) is 0 Å². The van der Waals surface area contributed by atoms with Gasteiger partial charge < -0.3 is 19.2 Å². The van der Waals surface area contributed by atoms with Crippen molar-refractivity contribution in [2.75, 3.05) is 31.1 Å². The van der Waals surface area contributed by atoms with Crippen LogP contribution in [-0.2, 0) is 6.54 Å². The predicted octanol–water partition coefficient (Wildman–Crippen LogP) is -0.738. The molecule has 27 heavy (non-hydrogen) atoms. The molecule has 1 aliphatic rings. The monoisotopic (exact) mass is 360 g/mol. The molecule has 0 unspecified atom stereocenters. The fourth-order valence-corrected chi connectivity index (χ4v) is 3.42. The van der Waals surface area contributed by atoms with Gasteiger partial charge in [-0.1, -0.05) is 30.3 Å². The number of benzene rings is 2. The van der Waals surface area contributed by atoms with Gasteiger partial charge in [0.1, 0.15) is 11.8 Å². The number of halogens is 1. The smallest absolute Gasteiger partial charge is 0.542 e. The standard InChI is InChI=1S/C20H19FN2O3.Li/c21-16-10-15-11-18(20(24)25)26-19(15)17(12-16)23-8-6-22(7-9-23)13-14-4-2-1-3-5-14;/h1-5,10-12H,6-9,13H2,(H,24,25);/q;+1/p-1. The molecular formula is C20H18FLiN2O3. The van der Waals surface area contributed by atoms with E-state index in [1.807, 2.05) is 23.1 Å². The number of furan rings is 1. The average molecular weight is 360 g/mol. The molecule has 0 spiro atoms. The van der Waals surface area contributed by atoms with Crippen molar-refractivity contribution in [3.8, 4) is 0 Å². The summed E-state index contributed by atoms with van der Waals surface area (Å²) in [6, 6.07) is 14.3. The maximum atomic E-state index is 14.0. The molecule has 0 atom stereocenters. The van der Waals surface area contributed by atoms with Crippen LogP contribution in [0.15, 0.2) is 52.9 Å². The summed E-state index contributed by atoms with van der Waals surface area (Å²) in [4.78, 5) is 15.4. The van der Waals surface area contributed by atoms with Gasteiger partial charge >= 0.3 is 18.9 Å². The van der Waals surface area contributed by atoms with Gasteiger partial charge in [-0.15, -0.1) is 0 Å². The van der Waals surface area contributed by atoms with Crippen molar-refractivity contribution in [1.82, 2.24) is 4.90 Å². The molecule has 134 valence electrons. The van der Waals surface area contributed by atoms with Gasteiger partial charge in [0.15, 0.2) is 11.3 Å². The molecule has 0 aliphatic carbocycles. The van der Waals surface area contributed by atoms with Crippen molar-refractivity contribution in [3.05, 3.63) is 65.7 Å². The zero-order chi connectivity index (χ0) is 18.1. The van der Waals surface area contributed by atoms with Gasteiger partial charge in [0, 0.05) is 44.2 Å². The Morgan fingerprint density at radius 3 is 2.44 bits per heavy atom. The number of carboxylic acids is 1. The average Bonchev–Trinajstić information content (AvgIpc) is 3.07. The third-order valence-electron chi connectivity index (χ3n) is 4.72. The SMILES string of the molecule is O=C([O-])c1cc2cc(F)cc(N3CCN(Cc4ccccc4)CC3)c2o1.[Li+]. The first-order valence-corrected chi connectivity index (χ1v) is 8.56. The summed E-state index contributed by atoms with van der Waals surface area (Å²) in [5.41, 5.74) is 2.24. The van der Waals surface area contributed by atoms with E-state index in [1.165, 1.54) is 23.8 Å². The molecule has 0 bridgehead atoms. The van der Waals surface area contributed by atoms with Gasteiger partial charge in [-0.25, -0.2) is 4.39 Å². The molecule has 3 aromatic rings. The van der Waals surface area contributed by atoms with Crippen molar-refractivity contribution in [1.29, 1.82) is 0 Å². The quantitative estimate of drug-likeness (QED) is 0.574. The first-order chi connectivity index (χ1) is 12.6. The van der Waals surface area contributed by atoms with Gasteiger partial charge in [-0.05, 0) is 17.7 Å². The van der Waals surface area contributed by atoms with Crippen LogP contribution in [0.1, 0.15) is 16.1 Å². The first kappa shape index (κ1) is 19.5. The van der Waals surface area contributed by atoms with E-state index >= 15 is 0 Å². The third kappa shape index (κ3) is 4.19. The maximum absolute atomic E-state index is 14.0. The fraction of sp³-hybridized carbons (Fsp3) is 0.250. The predicted molar refractivity (Wildman–Crippen MR) is 94.4 cm³/mol. The summed E-state index contributed by atoms with van der Waals surface area (Å²) < 4.78 is 19.4. The van der Waals surface area contributed by atoms with Gasteiger partial charge in [0.05, 0.1) is 5.69 Å². The zero-order valence-corrected chi connectivity index (χ0v) is 15.2. The van der Waals surface area contributed by atoms with E-state index in [2.05, 4.69) is 17.0 Å². The van der Waals surface area contributed by atoms with Crippen molar-refractivity contribution in [3.63, 3.8) is 0 Å². The molecule has 5 nitrogen and oxygen atoms in total. The Kier molecular flexibility index (Phi) is 5.91. The zero-order valence-electron chi connectivity index (χ0n) is 15.2. The van der Waals surface area contributed by atoms with Crippen LogP contribution < -0.4 is 28.9 Å². The number of carbonyl (C=O) groups is 1. The molecule has 7 heteroatoms. The number of fused-ring (bicyclic) bond motifs is 1. The van der Waals surface area contributed by atoms with E-state index in [0.717, 1.165) is 19.6 Å². The molecular weight excluding hydrogens is 342 g/mol. The minimum atomic E-state index is -1.40. The summed E-state index contributed by atoms with van der Waals surface area (Å²) >= 11 is 0. The Bertz CT molecular complexity index is 937. The number of aromatic carboxylic acids is 1. The van der Waals surface area contributed by atoms with E-state index in [9.17, 15) is 14.3 Å². The summed E-state index contributed by atoms with van der Waals surface area (Å²) in [7, 11) is 0. The Balaban J connectivity index is 0.00000210. The molecule has 2 heterocycles. The molecule has 1 aromatic heterocycles. The molecule has 1 saturated heterocycles. The molecule has 0 radical (unpaired) electrons. The van der Waals surface area contributed by atoms with Gasteiger partial charge in [-0.2, -0.15) is 0 Å². The van der Waals surface area contributed by atoms with E-state index in [4.69, 9.17) is 4.42 Å². The summed E-state index contributed by atoms with van der Waals surface area (Å²) in [6.45, 7) is 3.98. The number of rotatable bonds is 4. The molecule has 4 rings (SSSR count). The largest absolute Gasteiger partial charge is 1.00 e. The Morgan fingerprint density at radius 2 is 1.78 bits per heavy atom. The molecule has 0 N–H and O–H groups in total. The number of hydrogen-bond donors (Lipinski definition) is 0. The van der Waals surface area contributed by atoms with Gasteiger partial charge in [-0.3, -0.25) is 4.90 Å². The van der Waals surface area contributed by atoms with E-state index in [1.54, 1.807) is 0 Å². The van der Waals surface area contributed by atoms with Gasteiger partial charge in [0.25, 0.3) is 0 Å². The van der Waals surface area contributed by atoms with Crippen LogP contribution >= 0.6 is 0 Å². The van der Waals surface area contributed by atoms with Gasteiger partial charge in [0.2, 0.25) is 0 Å². The first-order valence-electron chi connectivity index (χ1n) is 8.56. The van der Waals surface area contributed by atoms with E-state index in [-0.39, 0.29) is 24.6 Å². The second-order valence-corrected chi connectivity index (χ2v) is 6.49. The number of piperazine rings is 1. The van der Waals surface area contributed by atoms with Crippen LogP contribution in [0, 0.1) is 5.82 Å². The second kappa shape index (κ2) is 8.18. The third-order valence-corrected chi connectivity index (χ3v) is 4.72. The number of carbonyl (C=O) groups excluding carboxylic acids is 1. The van der Waals surface area contributed by atoms with Crippen LogP contribution in [0.2, 0.25) is 0 Å². The minimum Gasteiger partial charge on any atom is -0.542 e. The molecule has 1 aliphatic heterocycles. The minimum absolute atomic E-state index is 0. The van der Waals surface area contributed by atoms with Crippen LogP contribution in [0.4, 0.5) is 10.1 Å². The van der Waals surface area contributed by atoms with E-state index in [0.29, 0.717) is 29.7 Å². The summed E-state index contributed by atoms with van der Waals surface area (Å²) in [5.74, 6) is -2.10. The topological polar surface area (TPSA) is 59.8 Å². The fourth-order valence-electron chi connectivity index (χ4n) is 3.42. The maximum Gasteiger partial charge on any atom is 1.00 e. The van der Waals surface area contributed by atoms with Crippen molar-refractivity contribution >= 4 is 22.6 Å². The Hall–Kier alpha value is -2.26. The van der Waals surface area contributed by atoms with Crippen LogP contribution in [0.5, 0.6) is 0 Å². The van der Waals surface area contributed by atoms with Crippen molar-refractivity contribution in [2.24, 2.45) is 0 Å². The van der Waals surface area contributed by atoms with Crippen molar-refractivity contribution in [2.45, 2.75) is 6.54 Å². The Labute approximate surface area is 168 Å². The van der Waals surface area contributed by atoms with Crippen LogP contribution in [0.25, 0.3) is 11.0 Å². The number of anilines is 1. The summed E-state index contributed by atoms with van der Waals surface area (Å²) in [5, 5.41) is 11.5. The Morgan fingerprint density at radius 1 is 1.07 bits per heavy atom. The van der Waals surface area contributed by atoms with Crippen LogP contribution in [-0.4, -0.2) is 37.0 Å². The van der Waals surface area contributed by atoms with E-state index < -0.39 is 11.8 Å². The molecule has 0 saturated carbocycles. The number of hydrogen-bond acceptors (Lipinski definition) is 5. The molecule has 2 aromatic carbocycles. The number of carboxylic acid groups (broad SMARTS) is 1. The normalized spacial score (nSPS) is 14.9. The second-order valence-electron chi connectivity index (χ2n) is 6.49. The molecule has 0 amide bonds. The number of nitrogens with zero attached hydrogens (tertiary/aromatic N) is 2.